The Balaban J connectivity index is 1.80. The molecule has 3 rings (SSSR count). The highest BCUT2D eigenvalue weighted by Crippen LogP contribution is 2.36. The monoisotopic (exact) mass is 376 g/mol. The highest BCUT2D eigenvalue weighted by atomic mass is 32.1. The lowest BCUT2D eigenvalue weighted by Crippen LogP contribution is -2.49. The van der Waals surface area contributed by atoms with E-state index in [1.54, 1.807) is 0 Å². The summed E-state index contributed by atoms with van der Waals surface area (Å²) in [7, 11) is 1.90. The van der Waals surface area contributed by atoms with Crippen LogP contribution in [-0.4, -0.2) is 39.7 Å². The summed E-state index contributed by atoms with van der Waals surface area (Å²) < 4.78 is 13.3. The normalized spacial score (nSPS) is 16.0. The van der Waals surface area contributed by atoms with Crippen LogP contribution < -0.4 is 5.32 Å². The number of hydrogen-bond donors (Lipinski definition) is 2. The Labute approximate surface area is 157 Å². The van der Waals surface area contributed by atoms with Gasteiger partial charge in [-0.3, -0.25) is 10.4 Å². The van der Waals surface area contributed by atoms with E-state index in [0.717, 1.165) is 11.4 Å². The molecule has 2 heterocycles. The number of carbonyl (C=O) groups excluding carboxylic acids is 1. The standard InChI is InChI=1S/C18H24N4O3S/c1-17(2,3)25-16(23)19-13-7-5-6-12(8-13)18(10-24-11-18)9-14-20-21-15(26)22(14)4/h5-8H,9-11H2,1-4H3,(H,19,23)(H,21,26). The Bertz CT molecular complexity index is 862. The molecule has 1 aliphatic rings. The van der Waals surface area contributed by atoms with Gasteiger partial charge in [0.15, 0.2) is 4.77 Å². The van der Waals surface area contributed by atoms with Gasteiger partial charge < -0.3 is 14.0 Å². The van der Waals surface area contributed by atoms with Crippen LogP contribution in [0.25, 0.3) is 0 Å². The van der Waals surface area contributed by atoms with Gasteiger partial charge in [-0.15, -0.1) is 0 Å². The van der Waals surface area contributed by atoms with Crippen molar-refractivity contribution < 1.29 is 14.3 Å². The van der Waals surface area contributed by atoms with E-state index in [2.05, 4.69) is 15.5 Å². The summed E-state index contributed by atoms with van der Waals surface area (Å²) in [5, 5.41) is 9.93. The second-order valence-electron chi connectivity index (χ2n) is 7.66. The van der Waals surface area contributed by atoms with E-state index in [0.29, 0.717) is 30.1 Å². The number of nitrogens with zero attached hydrogens (tertiary/aromatic N) is 2. The fourth-order valence-corrected chi connectivity index (χ4v) is 3.06. The number of aromatic amines is 1. The number of carbonyl (C=O) groups is 1. The maximum Gasteiger partial charge on any atom is 0.412 e. The van der Waals surface area contributed by atoms with Crippen LogP contribution in [0.4, 0.5) is 10.5 Å². The van der Waals surface area contributed by atoms with Crippen LogP contribution in [0.1, 0.15) is 32.2 Å². The number of anilines is 1. The maximum absolute atomic E-state index is 12.0. The van der Waals surface area contributed by atoms with Crippen LogP contribution in [0.5, 0.6) is 0 Å². The smallest absolute Gasteiger partial charge is 0.412 e. The molecule has 1 amide bonds. The van der Waals surface area contributed by atoms with E-state index in [1.165, 1.54) is 0 Å². The van der Waals surface area contributed by atoms with Crippen LogP contribution >= 0.6 is 12.2 Å². The minimum Gasteiger partial charge on any atom is -0.444 e. The molecule has 1 saturated heterocycles. The summed E-state index contributed by atoms with van der Waals surface area (Å²) in [5.41, 5.74) is 1.06. The zero-order valence-corrected chi connectivity index (χ0v) is 16.3. The summed E-state index contributed by atoms with van der Waals surface area (Å²) >= 11 is 5.20. The van der Waals surface area contributed by atoms with Crippen molar-refractivity contribution in [1.29, 1.82) is 0 Å². The molecule has 2 N–H and O–H groups in total. The van der Waals surface area contributed by atoms with Gasteiger partial charge in [-0.2, -0.15) is 5.10 Å². The van der Waals surface area contributed by atoms with Gasteiger partial charge in [0.25, 0.3) is 0 Å². The van der Waals surface area contributed by atoms with Crippen molar-refractivity contribution in [3.05, 3.63) is 40.4 Å². The number of rotatable bonds is 4. The van der Waals surface area contributed by atoms with Gasteiger partial charge in [-0.05, 0) is 50.7 Å². The molecule has 2 aromatic rings. The van der Waals surface area contributed by atoms with E-state index in [-0.39, 0.29) is 5.41 Å². The quantitative estimate of drug-likeness (QED) is 0.800. The third-order valence-corrected chi connectivity index (χ3v) is 4.71. The van der Waals surface area contributed by atoms with Crippen molar-refractivity contribution in [2.75, 3.05) is 18.5 Å². The maximum atomic E-state index is 12.0. The van der Waals surface area contributed by atoms with E-state index in [9.17, 15) is 4.79 Å². The van der Waals surface area contributed by atoms with Gasteiger partial charge in [-0.25, -0.2) is 4.79 Å². The third-order valence-electron chi connectivity index (χ3n) is 4.35. The number of nitrogens with one attached hydrogen (secondary N) is 2. The van der Waals surface area contributed by atoms with Crippen LogP contribution in [-0.2, 0) is 28.4 Å². The topological polar surface area (TPSA) is 81.2 Å². The number of benzene rings is 1. The van der Waals surface area contributed by atoms with Gasteiger partial charge in [0.1, 0.15) is 11.4 Å². The molecule has 0 bridgehead atoms. The molecule has 0 unspecified atom stereocenters. The Morgan fingerprint density at radius 1 is 1.46 bits per heavy atom. The molecule has 1 aromatic heterocycles. The first-order valence-electron chi connectivity index (χ1n) is 8.47. The van der Waals surface area contributed by atoms with Gasteiger partial charge in [0.2, 0.25) is 0 Å². The highest BCUT2D eigenvalue weighted by molar-refractivity contribution is 7.71. The average molecular weight is 376 g/mol. The van der Waals surface area contributed by atoms with Crippen molar-refractivity contribution in [3.63, 3.8) is 0 Å². The molecule has 7 nitrogen and oxygen atoms in total. The zero-order chi connectivity index (χ0) is 18.9. The first-order valence-corrected chi connectivity index (χ1v) is 8.88. The minimum atomic E-state index is -0.540. The van der Waals surface area contributed by atoms with Gasteiger partial charge >= 0.3 is 6.09 Å². The largest absolute Gasteiger partial charge is 0.444 e. The Kier molecular flexibility index (Phi) is 4.90. The minimum absolute atomic E-state index is 0.180. The molecule has 0 radical (unpaired) electrons. The van der Waals surface area contributed by atoms with E-state index < -0.39 is 11.7 Å². The molecule has 1 fully saturated rings. The number of hydrogen-bond acceptors (Lipinski definition) is 5. The molecule has 26 heavy (non-hydrogen) atoms. The number of ether oxygens (including phenoxy) is 2. The van der Waals surface area contributed by atoms with E-state index in [1.807, 2.05) is 56.7 Å². The van der Waals surface area contributed by atoms with Crippen molar-refractivity contribution in [3.8, 4) is 0 Å². The SMILES string of the molecule is Cn1c(CC2(c3cccc(NC(=O)OC(C)(C)C)c3)COC2)n[nH]c1=S. The summed E-state index contributed by atoms with van der Waals surface area (Å²) in [6, 6.07) is 7.78. The van der Waals surface area contributed by atoms with Crippen LogP contribution in [0.3, 0.4) is 0 Å². The molecular weight excluding hydrogens is 352 g/mol. The molecule has 140 valence electrons. The third kappa shape index (κ3) is 3.96. The lowest BCUT2D eigenvalue weighted by atomic mass is 9.75. The summed E-state index contributed by atoms with van der Waals surface area (Å²) in [6.07, 6.45) is 0.231. The van der Waals surface area contributed by atoms with E-state index >= 15 is 0 Å². The van der Waals surface area contributed by atoms with Crippen molar-refractivity contribution in [2.45, 2.75) is 38.2 Å². The fraction of sp³-hybridized carbons (Fsp3) is 0.500. The molecule has 0 saturated carbocycles. The van der Waals surface area contributed by atoms with E-state index in [4.69, 9.17) is 21.7 Å². The molecule has 1 aromatic carbocycles. The highest BCUT2D eigenvalue weighted by Gasteiger charge is 2.41. The van der Waals surface area contributed by atoms with Crippen molar-refractivity contribution in [2.24, 2.45) is 7.05 Å². The average Bonchev–Trinajstić information content (AvgIpc) is 2.81. The van der Waals surface area contributed by atoms with Crippen LogP contribution in [0, 0.1) is 4.77 Å². The number of amides is 1. The predicted molar refractivity (Wildman–Crippen MR) is 101 cm³/mol. The second kappa shape index (κ2) is 6.85. The van der Waals surface area contributed by atoms with Crippen molar-refractivity contribution in [1.82, 2.24) is 14.8 Å². The summed E-state index contributed by atoms with van der Waals surface area (Å²) in [6.45, 7) is 6.70. The molecular formula is C18H24N4O3S. The molecule has 8 heteroatoms. The number of aromatic nitrogens is 3. The predicted octanol–water partition coefficient (Wildman–Crippen LogP) is 3.34. The van der Waals surface area contributed by atoms with Crippen LogP contribution in [0.2, 0.25) is 0 Å². The first kappa shape index (κ1) is 18.6. The van der Waals surface area contributed by atoms with Crippen molar-refractivity contribution >= 4 is 24.0 Å². The molecule has 0 atom stereocenters. The Hall–Kier alpha value is -2.19. The first-order chi connectivity index (χ1) is 12.2. The molecule has 0 aliphatic carbocycles. The fourth-order valence-electron chi connectivity index (χ4n) is 2.91. The van der Waals surface area contributed by atoms with Gasteiger partial charge in [0, 0.05) is 24.6 Å². The molecule has 0 spiro atoms. The lowest BCUT2D eigenvalue weighted by molar-refractivity contribution is -0.0611. The van der Waals surface area contributed by atoms with Gasteiger partial charge in [0.05, 0.1) is 13.2 Å². The van der Waals surface area contributed by atoms with Crippen LogP contribution in [0.15, 0.2) is 24.3 Å². The Morgan fingerprint density at radius 2 is 2.19 bits per heavy atom. The zero-order valence-electron chi connectivity index (χ0n) is 15.5. The summed E-state index contributed by atoms with van der Waals surface area (Å²) in [5.74, 6) is 0.879. The Morgan fingerprint density at radius 3 is 2.73 bits per heavy atom. The van der Waals surface area contributed by atoms with Gasteiger partial charge in [-0.1, -0.05) is 12.1 Å². The lowest BCUT2D eigenvalue weighted by Gasteiger charge is -2.41. The number of H-pyrrole nitrogens is 1. The molecule has 1 aliphatic heterocycles. The second-order valence-corrected chi connectivity index (χ2v) is 8.05. The summed E-state index contributed by atoms with van der Waals surface area (Å²) in [4.78, 5) is 12.0.